The summed E-state index contributed by atoms with van der Waals surface area (Å²) in [6.45, 7) is 4.92. The van der Waals surface area contributed by atoms with Crippen molar-refractivity contribution in [3.8, 4) is 10.6 Å². The number of likely N-dealkylation sites (tertiary alicyclic amines) is 1. The molecule has 2 heterocycles. The second-order valence-corrected chi connectivity index (χ2v) is 8.61. The third-order valence-corrected chi connectivity index (χ3v) is 6.62. The average molecular weight is 435 g/mol. The average Bonchev–Trinajstić information content (AvgIpc) is 3.46. The molecule has 6 nitrogen and oxygen atoms in total. The Balaban J connectivity index is 1.36. The molecule has 1 aromatic heterocycles. The second kappa shape index (κ2) is 9.31. The Morgan fingerprint density at radius 2 is 1.94 bits per heavy atom. The van der Waals surface area contributed by atoms with E-state index in [-0.39, 0.29) is 11.9 Å². The van der Waals surface area contributed by atoms with Crippen LogP contribution in [0, 0.1) is 13.8 Å². The standard InChI is InChI=1S/C24H26N4O2S/c1-16-8-6-11-20(17(16)2)27-24(30)28-13-7-12-21(28)22(29)25-14-19-15-31-23(26-19)18-9-4-3-5-10-18/h3-6,8-11,15,21H,7,12-14H2,1-2H3,(H,25,29)(H,27,30)/t21-/m1/s1. The number of hydrogen-bond donors (Lipinski definition) is 2. The highest BCUT2D eigenvalue weighted by Crippen LogP contribution is 2.24. The van der Waals surface area contributed by atoms with E-state index in [0.717, 1.165) is 39.5 Å². The van der Waals surface area contributed by atoms with Gasteiger partial charge < -0.3 is 15.5 Å². The summed E-state index contributed by atoms with van der Waals surface area (Å²) in [4.78, 5) is 31.9. The van der Waals surface area contributed by atoms with Crippen LogP contribution in [0.15, 0.2) is 53.9 Å². The van der Waals surface area contributed by atoms with Crippen LogP contribution in [0.3, 0.4) is 0 Å². The number of carbonyl (C=O) groups is 2. The Morgan fingerprint density at radius 1 is 1.13 bits per heavy atom. The lowest BCUT2D eigenvalue weighted by Crippen LogP contribution is -2.47. The van der Waals surface area contributed by atoms with E-state index in [1.807, 2.05) is 67.8 Å². The maximum absolute atomic E-state index is 12.9. The quantitative estimate of drug-likeness (QED) is 0.609. The molecule has 0 saturated carbocycles. The van der Waals surface area contributed by atoms with Gasteiger partial charge in [0.1, 0.15) is 11.0 Å². The van der Waals surface area contributed by atoms with Crippen LogP contribution in [-0.2, 0) is 11.3 Å². The zero-order chi connectivity index (χ0) is 21.8. The normalized spacial score (nSPS) is 15.7. The Hall–Kier alpha value is -3.19. The number of rotatable bonds is 5. The number of anilines is 1. The van der Waals surface area contributed by atoms with Crippen LogP contribution in [0.5, 0.6) is 0 Å². The highest BCUT2D eigenvalue weighted by Gasteiger charge is 2.34. The predicted molar refractivity (Wildman–Crippen MR) is 124 cm³/mol. The van der Waals surface area contributed by atoms with Gasteiger partial charge in [-0.3, -0.25) is 4.79 Å². The van der Waals surface area contributed by atoms with E-state index in [1.54, 1.807) is 16.2 Å². The molecule has 1 fully saturated rings. The van der Waals surface area contributed by atoms with Gasteiger partial charge in [-0.15, -0.1) is 11.3 Å². The number of benzene rings is 2. The van der Waals surface area contributed by atoms with Gasteiger partial charge in [-0.25, -0.2) is 9.78 Å². The molecule has 0 unspecified atom stereocenters. The molecule has 2 aromatic carbocycles. The maximum Gasteiger partial charge on any atom is 0.322 e. The topological polar surface area (TPSA) is 74.3 Å². The summed E-state index contributed by atoms with van der Waals surface area (Å²) in [7, 11) is 0. The Bertz CT molecular complexity index is 1080. The van der Waals surface area contributed by atoms with Gasteiger partial charge in [-0.1, -0.05) is 42.5 Å². The van der Waals surface area contributed by atoms with Gasteiger partial charge in [0, 0.05) is 23.2 Å². The maximum atomic E-state index is 12.9. The molecule has 31 heavy (non-hydrogen) atoms. The zero-order valence-corrected chi connectivity index (χ0v) is 18.5. The summed E-state index contributed by atoms with van der Waals surface area (Å²) in [5.41, 5.74) is 4.82. The number of aromatic nitrogens is 1. The van der Waals surface area contributed by atoms with Crippen LogP contribution < -0.4 is 10.6 Å². The largest absolute Gasteiger partial charge is 0.349 e. The molecular formula is C24H26N4O2S. The number of amides is 3. The fourth-order valence-corrected chi connectivity index (χ4v) is 4.58. The Labute approximate surface area is 186 Å². The van der Waals surface area contributed by atoms with Gasteiger partial charge in [0.05, 0.1) is 12.2 Å². The molecule has 0 aliphatic carbocycles. The van der Waals surface area contributed by atoms with E-state index in [9.17, 15) is 9.59 Å². The lowest BCUT2D eigenvalue weighted by molar-refractivity contribution is -0.124. The molecule has 160 valence electrons. The number of nitrogens with one attached hydrogen (secondary N) is 2. The zero-order valence-electron chi connectivity index (χ0n) is 17.7. The van der Waals surface area contributed by atoms with Crippen LogP contribution in [0.25, 0.3) is 10.6 Å². The highest BCUT2D eigenvalue weighted by atomic mass is 32.1. The first kappa shape index (κ1) is 21.1. The van der Waals surface area contributed by atoms with Crippen molar-refractivity contribution in [2.24, 2.45) is 0 Å². The number of nitrogens with zero attached hydrogens (tertiary/aromatic N) is 2. The molecule has 3 amide bonds. The first-order valence-electron chi connectivity index (χ1n) is 10.4. The van der Waals surface area contributed by atoms with Crippen molar-refractivity contribution in [2.75, 3.05) is 11.9 Å². The minimum Gasteiger partial charge on any atom is -0.349 e. The van der Waals surface area contributed by atoms with Crippen LogP contribution in [-0.4, -0.2) is 34.4 Å². The Kier molecular flexibility index (Phi) is 6.32. The van der Waals surface area contributed by atoms with Crippen molar-refractivity contribution in [1.82, 2.24) is 15.2 Å². The molecule has 2 N–H and O–H groups in total. The monoisotopic (exact) mass is 434 g/mol. The van der Waals surface area contributed by atoms with Crippen LogP contribution in [0.4, 0.5) is 10.5 Å². The molecule has 1 aliphatic rings. The predicted octanol–water partition coefficient (Wildman–Crippen LogP) is 4.74. The van der Waals surface area contributed by atoms with E-state index in [0.29, 0.717) is 19.5 Å². The highest BCUT2D eigenvalue weighted by molar-refractivity contribution is 7.13. The molecule has 1 aliphatic heterocycles. The number of urea groups is 1. The molecule has 0 bridgehead atoms. The number of hydrogen-bond acceptors (Lipinski definition) is 4. The summed E-state index contributed by atoms with van der Waals surface area (Å²) < 4.78 is 0. The number of aryl methyl sites for hydroxylation is 1. The first-order valence-corrected chi connectivity index (χ1v) is 11.3. The third-order valence-electron chi connectivity index (χ3n) is 5.68. The van der Waals surface area contributed by atoms with Crippen LogP contribution in [0.2, 0.25) is 0 Å². The van der Waals surface area contributed by atoms with Crippen molar-refractivity contribution in [3.05, 3.63) is 70.7 Å². The van der Waals surface area contributed by atoms with E-state index >= 15 is 0 Å². The number of thiazole rings is 1. The molecule has 7 heteroatoms. The summed E-state index contributed by atoms with van der Waals surface area (Å²) in [6, 6.07) is 15.1. The van der Waals surface area contributed by atoms with Crippen molar-refractivity contribution < 1.29 is 9.59 Å². The SMILES string of the molecule is Cc1cccc(NC(=O)N2CCC[C@@H]2C(=O)NCc2csc(-c3ccccc3)n2)c1C. The first-order chi connectivity index (χ1) is 15.0. The molecular weight excluding hydrogens is 408 g/mol. The summed E-state index contributed by atoms with van der Waals surface area (Å²) in [5, 5.41) is 8.82. The summed E-state index contributed by atoms with van der Waals surface area (Å²) in [5.74, 6) is -0.136. The van der Waals surface area contributed by atoms with Crippen LogP contribution in [0.1, 0.15) is 29.7 Å². The molecule has 3 aromatic rings. The summed E-state index contributed by atoms with van der Waals surface area (Å²) in [6.07, 6.45) is 1.48. The second-order valence-electron chi connectivity index (χ2n) is 7.76. The van der Waals surface area contributed by atoms with Crippen molar-refractivity contribution >= 4 is 29.0 Å². The van der Waals surface area contributed by atoms with Crippen molar-refractivity contribution in [2.45, 2.75) is 39.3 Å². The summed E-state index contributed by atoms with van der Waals surface area (Å²) >= 11 is 1.56. The van der Waals surface area contributed by atoms with Gasteiger partial charge in [0.25, 0.3) is 0 Å². The van der Waals surface area contributed by atoms with Crippen molar-refractivity contribution in [1.29, 1.82) is 0 Å². The molecule has 0 spiro atoms. The van der Waals surface area contributed by atoms with Gasteiger partial charge in [0.15, 0.2) is 0 Å². The minimum atomic E-state index is -0.461. The molecule has 1 saturated heterocycles. The lowest BCUT2D eigenvalue weighted by atomic mass is 10.1. The van der Waals surface area contributed by atoms with E-state index in [2.05, 4.69) is 15.6 Å². The van der Waals surface area contributed by atoms with E-state index in [4.69, 9.17) is 0 Å². The number of carbonyl (C=O) groups excluding carboxylic acids is 2. The fourth-order valence-electron chi connectivity index (χ4n) is 3.75. The van der Waals surface area contributed by atoms with E-state index < -0.39 is 6.04 Å². The van der Waals surface area contributed by atoms with Crippen LogP contribution >= 0.6 is 11.3 Å². The van der Waals surface area contributed by atoms with E-state index in [1.165, 1.54) is 0 Å². The molecule has 4 rings (SSSR count). The Morgan fingerprint density at radius 3 is 2.74 bits per heavy atom. The van der Waals surface area contributed by atoms with Gasteiger partial charge >= 0.3 is 6.03 Å². The molecule has 0 radical (unpaired) electrons. The smallest absolute Gasteiger partial charge is 0.322 e. The molecule has 1 atom stereocenters. The van der Waals surface area contributed by atoms with Gasteiger partial charge in [-0.2, -0.15) is 0 Å². The van der Waals surface area contributed by atoms with Crippen molar-refractivity contribution in [3.63, 3.8) is 0 Å². The minimum absolute atomic E-state index is 0.136. The lowest BCUT2D eigenvalue weighted by Gasteiger charge is -2.24. The van der Waals surface area contributed by atoms with Gasteiger partial charge in [-0.05, 0) is 43.9 Å². The van der Waals surface area contributed by atoms with Gasteiger partial charge in [0.2, 0.25) is 5.91 Å². The fraction of sp³-hybridized carbons (Fsp3) is 0.292. The third kappa shape index (κ3) is 4.77.